The number of nitro groups is 1. The topological polar surface area (TPSA) is 72.7 Å². The van der Waals surface area contributed by atoms with Gasteiger partial charge in [-0.2, -0.15) is 0 Å². The molecule has 1 saturated heterocycles. The SMILES string of the molecule is CCOC(=O)c1cccc(N2CC(F)(F)C2)c1[N+](=O)[O-]. The molecule has 1 aromatic carbocycles. The van der Waals surface area contributed by atoms with Crippen LogP contribution in [0, 0.1) is 10.1 Å². The van der Waals surface area contributed by atoms with E-state index in [2.05, 4.69) is 0 Å². The van der Waals surface area contributed by atoms with Gasteiger partial charge in [0.25, 0.3) is 5.92 Å². The van der Waals surface area contributed by atoms with Crippen molar-refractivity contribution in [1.29, 1.82) is 0 Å². The van der Waals surface area contributed by atoms with Gasteiger partial charge in [0, 0.05) is 0 Å². The molecule has 1 heterocycles. The molecule has 6 nitrogen and oxygen atoms in total. The Kier molecular flexibility index (Phi) is 3.56. The van der Waals surface area contributed by atoms with Crippen molar-refractivity contribution in [3.8, 4) is 0 Å². The summed E-state index contributed by atoms with van der Waals surface area (Å²) in [6.45, 7) is 0.450. The second-order valence-corrected chi connectivity index (χ2v) is 4.36. The van der Waals surface area contributed by atoms with E-state index in [4.69, 9.17) is 4.74 Å². The number of halogens is 2. The molecule has 8 heteroatoms. The van der Waals surface area contributed by atoms with E-state index in [0.29, 0.717) is 0 Å². The van der Waals surface area contributed by atoms with Crippen LogP contribution in [0.25, 0.3) is 0 Å². The Hall–Kier alpha value is -2.25. The third-order valence-electron chi connectivity index (χ3n) is 2.88. The highest BCUT2D eigenvalue weighted by Gasteiger charge is 2.46. The van der Waals surface area contributed by atoms with Gasteiger partial charge in [-0.05, 0) is 19.1 Å². The average Bonchev–Trinajstić information content (AvgIpc) is 2.35. The number of nitro benzene ring substituents is 1. The molecule has 0 saturated carbocycles. The molecule has 1 aromatic rings. The highest BCUT2D eigenvalue weighted by Crippen LogP contribution is 2.39. The average molecular weight is 286 g/mol. The third kappa shape index (κ3) is 2.54. The summed E-state index contributed by atoms with van der Waals surface area (Å²) in [5.41, 5.74) is -0.725. The number of rotatable bonds is 4. The minimum atomic E-state index is -2.85. The molecule has 20 heavy (non-hydrogen) atoms. The number of esters is 1. The maximum atomic E-state index is 12.9. The van der Waals surface area contributed by atoms with Crippen molar-refractivity contribution < 1.29 is 23.2 Å². The Bertz CT molecular complexity index is 554. The largest absolute Gasteiger partial charge is 0.462 e. The molecular formula is C12H12F2N2O4. The summed E-state index contributed by atoms with van der Waals surface area (Å²) >= 11 is 0. The van der Waals surface area contributed by atoms with Gasteiger partial charge in [-0.15, -0.1) is 0 Å². The van der Waals surface area contributed by atoms with Gasteiger partial charge in [0.2, 0.25) is 0 Å². The number of benzene rings is 1. The predicted molar refractivity (Wildman–Crippen MR) is 66.2 cm³/mol. The zero-order valence-electron chi connectivity index (χ0n) is 10.6. The molecule has 0 unspecified atom stereocenters. The lowest BCUT2D eigenvalue weighted by Crippen LogP contribution is -2.56. The molecule has 1 aliphatic rings. The Labute approximate surface area is 113 Å². The fraction of sp³-hybridized carbons (Fsp3) is 0.417. The first-order valence-electron chi connectivity index (χ1n) is 5.93. The Morgan fingerprint density at radius 3 is 2.65 bits per heavy atom. The van der Waals surface area contributed by atoms with Crippen LogP contribution in [0.2, 0.25) is 0 Å². The zero-order valence-corrected chi connectivity index (χ0v) is 10.6. The van der Waals surface area contributed by atoms with Crippen LogP contribution in [0.4, 0.5) is 20.2 Å². The summed E-state index contributed by atoms with van der Waals surface area (Å²) < 4.78 is 30.5. The van der Waals surface area contributed by atoms with Gasteiger partial charge in [0.05, 0.1) is 24.6 Å². The first-order valence-corrected chi connectivity index (χ1v) is 5.93. The minimum Gasteiger partial charge on any atom is -0.462 e. The second-order valence-electron chi connectivity index (χ2n) is 4.36. The number of carbonyl (C=O) groups excluding carboxylic acids is 1. The van der Waals surface area contributed by atoms with E-state index in [1.165, 1.54) is 23.1 Å². The van der Waals surface area contributed by atoms with Gasteiger partial charge in [-0.25, -0.2) is 13.6 Å². The Morgan fingerprint density at radius 1 is 1.50 bits per heavy atom. The molecule has 0 spiro atoms. The summed E-state index contributed by atoms with van der Waals surface area (Å²) in [5.74, 6) is -3.69. The smallest absolute Gasteiger partial charge is 0.345 e. The quantitative estimate of drug-likeness (QED) is 0.482. The van der Waals surface area contributed by atoms with Crippen LogP contribution in [-0.4, -0.2) is 36.5 Å². The Balaban J connectivity index is 2.40. The van der Waals surface area contributed by atoms with Gasteiger partial charge in [-0.1, -0.05) is 6.07 Å². The molecule has 2 rings (SSSR count). The monoisotopic (exact) mass is 286 g/mol. The van der Waals surface area contributed by atoms with E-state index in [1.54, 1.807) is 6.92 Å². The molecule has 108 valence electrons. The highest BCUT2D eigenvalue weighted by molar-refractivity contribution is 5.97. The van der Waals surface area contributed by atoms with E-state index in [9.17, 15) is 23.7 Å². The maximum absolute atomic E-state index is 12.9. The van der Waals surface area contributed by atoms with Crippen molar-refractivity contribution in [2.45, 2.75) is 12.8 Å². The maximum Gasteiger partial charge on any atom is 0.345 e. The van der Waals surface area contributed by atoms with E-state index < -0.39 is 35.6 Å². The standard InChI is InChI=1S/C12H12F2N2O4/c1-2-20-11(17)8-4-3-5-9(10(8)16(18)19)15-6-12(13,14)7-15/h3-5H,2,6-7H2,1H3. The van der Waals surface area contributed by atoms with Crippen LogP contribution >= 0.6 is 0 Å². The van der Waals surface area contributed by atoms with Crippen LogP contribution in [-0.2, 0) is 4.74 Å². The fourth-order valence-electron chi connectivity index (χ4n) is 2.03. The lowest BCUT2D eigenvalue weighted by molar-refractivity contribution is -0.384. The number of nitrogens with zero attached hydrogens (tertiary/aromatic N) is 2. The summed E-state index contributed by atoms with van der Waals surface area (Å²) in [7, 11) is 0. The number of hydrogen-bond donors (Lipinski definition) is 0. The van der Waals surface area contributed by atoms with Crippen LogP contribution in [0.5, 0.6) is 0 Å². The second kappa shape index (κ2) is 5.03. The molecule has 0 aromatic heterocycles. The predicted octanol–water partition coefficient (Wildman–Crippen LogP) is 2.23. The summed E-state index contributed by atoms with van der Waals surface area (Å²) in [5, 5.41) is 11.1. The molecule has 0 bridgehead atoms. The highest BCUT2D eigenvalue weighted by atomic mass is 19.3. The summed E-state index contributed by atoms with van der Waals surface area (Å²) in [4.78, 5) is 23.2. The molecule has 0 atom stereocenters. The minimum absolute atomic E-state index is 0.00600. The van der Waals surface area contributed by atoms with Gasteiger partial charge in [0.1, 0.15) is 11.3 Å². The first kappa shape index (κ1) is 14.2. The van der Waals surface area contributed by atoms with Gasteiger partial charge in [0.15, 0.2) is 0 Å². The lowest BCUT2D eigenvalue weighted by Gasteiger charge is -2.40. The molecule has 0 N–H and O–H groups in total. The number of alkyl halides is 2. The number of carbonyl (C=O) groups is 1. The van der Waals surface area contributed by atoms with Gasteiger partial charge >= 0.3 is 11.7 Å². The molecule has 1 fully saturated rings. The van der Waals surface area contributed by atoms with Crippen LogP contribution in [0.1, 0.15) is 17.3 Å². The summed E-state index contributed by atoms with van der Waals surface area (Å²) in [6, 6.07) is 4.00. The normalized spacial score (nSPS) is 16.4. The van der Waals surface area contributed by atoms with Crippen molar-refractivity contribution in [2.24, 2.45) is 0 Å². The first-order chi connectivity index (χ1) is 9.35. The lowest BCUT2D eigenvalue weighted by atomic mass is 10.1. The number of hydrogen-bond acceptors (Lipinski definition) is 5. The third-order valence-corrected chi connectivity index (χ3v) is 2.88. The summed E-state index contributed by atoms with van der Waals surface area (Å²) in [6.07, 6.45) is 0. The van der Waals surface area contributed by atoms with E-state index >= 15 is 0 Å². The van der Waals surface area contributed by atoms with E-state index in [-0.39, 0.29) is 17.9 Å². The molecule has 0 aliphatic carbocycles. The number of anilines is 1. The van der Waals surface area contributed by atoms with Gasteiger partial charge in [-0.3, -0.25) is 10.1 Å². The Morgan fingerprint density at radius 2 is 2.15 bits per heavy atom. The van der Waals surface area contributed by atoms with Crippen LogP contribution in [0.15, 0.2) is 18.2 Å². The van der Waals surface area contributed by atoms with Gasteiger partial charge < -0.3 is 9.64 Å². The molecule has 1 aliphatic heterocycles. The van der Waals surface area contributed by atoms with Crippen molar-refractivity contribution in [2.75, 3.05) is 24.6 Å². The van der Waals surface area contributed by atoms with Crippen LogP contribution < -0.4 is 4.90 Å². The van der Waals surface area contributed by atoms with Crippen molar-refractivity contribution in [3.63, 3.8) is 0 Å². The van der Waals surface area contributed by atoms with Crippen molar-refractivity contribution in [1.82, 2.24) is 0 Å². The fourth-order valence-corrected chi connectivity index (χ4v) is 2.03. The zero-order chi connectivity index (χ0) is 14.9. The number of ether oxygens (including phenoxy) is 1. The molecule has 0 radical (unpaired) electrons. The van der Waals surface area contributed by atoms with E-state index in [0.717, 1.165) is 0 Å². The molecule has 0 amide bonds. The molecular weight excluding hydrogens is 274 g/mol. The number of para-hydroxylation sites is 1. The van der Waals surface area contributed by atoms with Crippen LogP contribution in [0.3, 0.4) is 0 Å². The van der Waals surface area contributed by atoms with Crippen molar-refractivity contribution in [3.05, 3.63) is 33.9 Å². The van der Waals surface area contributed by atoms with E-state index in [1.807, 2.05) is 0 Å². The van der Waals surface area contributed by atoms with Crippen molar-refractivity contribution >= 4 is 17.3 Å².